The van der Waals surface area contributed by atoms with E-state index in [0.29, 0.717) is 12.5 Å². The molecule has 0 atom stereocenters. The van der Waals surface area contributed by atoms with E-state index in [1.165, 1.54) is 16.5 Å². The molecule has 6 rings (SSSR count). The summed E-state index contributed by atoms with van der Waals surface area (Å²) >= 11 is 0. The van der Waals surface area contributed by atoms with Crippen molar-refractivity contribution in [3.05, 3.63) is 96.4 Å². The largest absolute Gasteiger partial charge is 0.486 e. The van der Waals surface area contributed by atoms with E-state index in [2.05, 4.69) is 35.4 Å². The van der Waals surface area contributed by atoms with Gasteiger partial charge in [-0.1, -0.05) is 48.5 Å². The van der Waals surface area contributed by atoms with Crippen LogP contribution in [0.3, 0.4) is 0 Å². The van der Waals surface area contributed by atoms with Crippen LogP contribution in [0.25, 0.3) is 21.9 Å². The molecule has 0 aliphatic carbocycles. The molecule has 1 saturated heterocycles. The van der Waals surface area contributed by atoms with Crippen LogP contribution in [0.4, 0.5) is 0 Å². The molecule has 1 N–H and O–H groups in total. The number of fused-ring (bicyclic) bond motifs is 2. The fourth-order valence-corrected chi connectivity index (χ4v) is 5.18. The van der Waals surface area contributed by atoms with E-state index in [-0.39, 0.29) is 12.5 Å². The van der Waals surface area contributed by atoms with Crippen LogP contribution in [0.1, 0.15) is 30.1 Å². The van der Waals surface area contributed by atoms with Gasteiger partial charge in [-0.3, -0.25) is 4.79 Å². The summed E-state index contributed by atoms with van der Waals surface area (Å²) in [5.41, 5.74) is 4.39. The number of rotatable bonds is 6. The minimum absolute atomic E-state index is 0.131. The second-order valence-electron chi connectivity index (χ2n) is 9.15. The number of H-pyrrole nitrogens is 1. The van der Waals surface area contributed by atoms with Crippen molar-refractivity contribution < 1.29 is 9.53 Å². The van der Waals surface area contributed by atoms with Crippen molar-refractivity contribution in [3.8, 4) is 5.75 Å². The van der Waals surface area contributed by atoms with Gasteiger partial charge in [-0.25, -0.2) is 4.98 Å². The second-order valence-corrected chi connectivity index (χ2v) is 9.15. The summed E-state index contributed by atoms with van der Waals surface area (Å²) in [6.45, 7) is 2.12. The van der Waals surface area contributed by atoms with Gasteiger partial charge in [0.25, 0.3) is 0 Å². The average molecular weight is 465 g/mol. The summed E-state index contributed by atoms with van der Waals surface area (Å²) in [5.74, 6) is 2.15. The van der Waals surface area contributed by atoms with Gasteiger partial charge in [-0.15, -0.1) is 0 Å². The quantitative estimate of drug-likeness (QED) is 0.361. The molecule has 1 fully saturated rings. The number of aromatic amines is 1. The molecule has 1 aliphatic heterocycles. The summed E-state index contributed by atoms with van der Waals surface area (Å²) in [6, 6.07) is 26.1. The number of ether oxygens (including phenoxy) is 1. The number of carbonyl (C=O) groups excluding carboxylic acids is 1. The molecule has 0 saturated carbocycles. The number of likely N-dealkylation sites (tertiary alicyclic amines) is 1. The number of hydrogen-bond acceptors (Lipinski definition) is 3. The zero-order valence-corrected chi connectivity index (χ0v) is 19.6. The highest BCUT2D eigenvalue weighted by molar-refractivity contribution is 5.84. The lowest BCUT2D eigenvalue weighted by molar-refractivity contribution is -0.132. The minimum atomic E-state index is 0.131. The van der Waals surface area contributed by atoms with E-state index in [4.69, 9.17) is 9.72 Å². The van der Waals surface area contributed by atoms with Gasteiger partial charge < -0.3 is 19.2 Å². The van der Waals surface area contributed by atoms with Gasteiger partial charge in [-0.05, 0) is 54.7 Å². The highest BCUT2D eigenvalue weighted by atomic mass is 16.5. The Bertz CT molecular complexity index is 1460. The molecule has 6 heteroatoms. The normalized spacial score (nSPS) is 14.6. The van der Waals surface area contributed by atoms with Crippen LogP contribution < -0.4 is 4.74 Å². The maximum atomic E-state index is 13.4. The summed E-state index contributed by atoms with van der Waals surface area (Å²) in [7, 11) is 0. The summed E-state index contributed by atoms with van der Waals surface area (Å²) < 4.78 is 7.97. The Hall–Kier alpha value is -4.06. The number of amides is 1. The van der Waals surface area contributed by atoms with Crippen molar-refractivity contribution in [1.82, 2.24) is 19.4 Å². The Labute approximate surface area is 204 Å². The molecule has 3 heterocycles. The molecule has 0 spiro atoms. The molecule has 1 amide bonds. The zero-order valence-electron chi connectivity index (χ0n) is 19.6. The fourth-order valence-electron chi connectivity index (χ4n) is 5.18. The number of carbonyl (C=O) groups is 1. The molecule has 35 heavy (non-hydrogen) atoms. The number of piperidine rings is 1. The number of aromatic nitrogens is 3. The van der Waals surface area contributed by atoms with Crippen molar-refractivity contribution in [3.63, 3.8) is 0 Å². The van der Waals surface area contributed by atoms with Crippen LogP contribution in [0.2, 0.25) is 0 Å². The highest BCUT2D eigenvalue weighted by Crippen LogP contribution is 2.33. The first-order valence-corrected chi connectivity index (χ1v) is 12.2. The third-order valence-corrected chi connectivity index (χ3v) is 7.05. The van der Waals surface area contributed by atoms with Crippen LogP contribution in [0.5, 0.6) is 5.75 Å². The molecule has 176 valence electrons. The number of nitrogens with one attached hydrogen (secondary N) is 1. The molecule has 0 bridgehead atoms. The minimum Gasteiger partial charge on any atom is -0.486 e. The first-order valence-electron chi connectivity index (χ1n) is 12.2. The first kappa shape index (κ1) is 21.5. The Morgan fingerprint density at radius 3 is 2.54 bits per heavy atom. The predicted octanol–water partition coefficient (Wildman–Crippen LogP) is 5.50. The first-order chi connectivity index (χ1) is 17.3. The fraction of sp³-hybridized carbons (Fsp3) is 0.241. The molecule has 0 radical (unpaired) electrons. The Balaban J connectivity index is 1.16. The monoisotopic (exact) mass is 464 g/mol. The van der Waals surface area contributed by atoms with Gasteiger partial charge in [0.1, 0.15) is 24.7 Å². The van der Waals surface area contributed by atoms with Crippen molar-refractivity contribution >= 4 is 27.8 Å². The van der Waals surface area contributed by atoms with E-state index in [9.17, 15) is 4.79 Å². The lowest BCUT2D eigenvalue weighted by Gasteiger charge is -2.32. The van der Waals surface area contributed by atoms with E-state index in [1.807, 2.05) is 64.1 Å². The highest BCUT2D eigenvalue weighted by Gasteiger charge is 2.26. The third kappa shape index (κ3) is 4.28. The molecule has 0 unspecified atom stereocenters. The van der Waals surface area contributed by atoms with Gasteiger partial charge >= 0.3 is 0 Å². The smallest absolute Gasteiger partial charge is 0.242 e. The third-order valence-electron chi connectivity index (χ3n) is 7.05. The van der Waals surface area contributed by atoms with Crippen molar-refractivity contribution in [2.24, 2.45) is 0 Å². The lowest BCUT2D eigenvalue weighted by atomic mass is 9.89. The zero-order chi connectivity index (χ0) is 23.6. The van der Waals surface area contributed by atoms with Gasteiger partial charge in [0.05, 0.1) is 11.0 Å². The standard InChI is InChI=1S/C29H28N4O2/c34-29(32-16-14-21(15-17-32)24-18-30-25-11-5-4-10-23(24)25)19-33-27-13-7-6-12-26(27)31-28(33)20-35-22-8-2-1-3-9-22/h1-13,18,21,30H,14-17,19-20H2. The molecule has 5 aromatic rings. The van der Waals surface area contributed by atoms with Crippen LogP contribution in [0.15, 0.2) is 85.1 Å². The number of para-hydroxylation sites is 4. The topological polar surface area (TPSA) is 63.2 Å². The van der Waals surface area contributed by atoms with E-state index >= 15 is 0 Å². The molecular formula is C29H28N4O2. The molecule has 3 aromatic carbocycles. The average Bonchev–Trinajstić information content (AvgIpc) is 3.50. The summed E-state index contributed by atoms with van der Waals surface area (Å²) in [6.07, 6.45) is 4.09. The second kappa shape index (κ2) is 9.29. The number of nitrogens with zero attached hydrogens (tertiary/aromatic N) is 3. The van der Waals surface area contributed by atoms with E-state index in [0.717, 1.165) is 48.5 Å². The molecule has 6 nitrogen and oxygen atoms in total. The van der Waals surface area contributed by atoms with E-state index in [1.54, 1.807) is 0 Å². The van der Waals surface area contributed by atoms with Crippen molar-refractivity contribution in [1.29, 1.82) is 0 Å². The molecular weight excluding hydrogens is 436 g/mol. The van der Waals surface area contributed by atoms with Crippen LogP contribution in [0, 0.1) is 0 Å². The summed E-state index contributed by atoms with van der Waals surface area (Å²) in [5, 5.41) is 1.30. The Morgan fingerprint density at radius 2 is 1.69 bits per heavy atom. The molecule has 2 aromatic heterocycles. The van der Waals surface area contributed by atoms with Gasteiger partial charge in [0.2, 0.25) is 5.91 Å². The van der Waals surface area contributed by atoms with E-state index < -0.39 is 0 Å². The lowest BCUT2D eigenvalue weighted by Crippen LogP contribution is -2.40. The van der Waals surface area contributed by atoms with Crippen LogP contribution in [-0.4, -0.2) is 38.4 Å². The Morgan fingerprint density at radius 1 is 0.943 bits per heavy atom. The Kier molecular flexibility index (Phi) is 5.70. The van der Waals surface area contributed by atoms with Gasteiger partial charge in [0, 0.05) is 30.2 Å². The predicted molar refractivity (Wildman–Crippen MR) is 137 cm³/mol. The van der Waals surface area contributed by atoms with Gasteiger partial charge in [-0.2, -0.15) is 0 Å². The van der Waals surface area contributed by atoms with Crippen molar-refractivity contribution in [2.45, 2.75) is 31.9 Å². The molecule has 1 aliphatic rings. The van der Waals surface area contributed by atoms with Crippen LogP contribution >= 0.6 is 0 Å². The maximum absolute atomic E-state index is 13.4. The number of benzene rings is 3. The maximum Gasteiger partial charge on any atom is 0.242 e. The van der Waals surface area contributed by atoms with Gasteiger partial charge in [0.15, 0.2) is 0 Å². The van der Waals surface area contributed by atoms with Crippen LogP contribution in [-0.2, 0) is 17.9 Å². The van der Waals surface area contributed by atoms with Crippen molar-refractivity contribution in [2.75, 3.05) is 13.1 Å². The number of imidazole rings is 1. The summed E-state index contributed by atoms with van der Waals surface area (Å²) in [4.78, 5) is 23.5. The SMILES string of the molecule is O=C(Cn1c(COc2ccccc2)nc2ccccc21)N1CCC(c2c[nH]c3ccccc23)CC1. The number of hydrogen-bond donors (Lipinski definition) is 1.